The molecule has 2 aromatic rings. The molecule has 0 aliphatic carbocycles. The van der Waals surface area contributed by atoms with Crippen molar-refractivity contribution in [3.63, 3.8) is 0 Å². The highest BCUT2D eigenvalue weighted by Crippen LogP contribution is 2.31. The van der Waals surface area contributed by atoms with E-state index in [0.29, 0.717) is 5.76 Å². The summed E-state index contributed by atoms with van der Waals surface area (Å²) in [5.74, 6) is 0.818. The summed E-state index contributed by atoms with van der Waals surface area (Å²) >= 11 is 0. The van der Waals surface area contributed by atoms with Crippen molar-refractivity contribution in [3.8, 4) is 0 Å². The van der Waals surface area contributed by atoms with Gasteiger partial charge in [-0.3, -0.25) is 0 Å². The van der Waals surface area contributed by atoms with Crippen molar-refractivity contribution in [2.45, 2.75) is 46.1 Å². The Morgan fingerprint density at radius 3 is 2.33 bits per heavy atom. The van der Waals surface area contributed by atoms with E-state index in [9.17, 15) is 5.11 Å². The predicted molar refractivity (Wildman–Crippen MR) is 74.7 cm³/mol. The average Bonchev–Trinajstić information content (AvgIpc) is 2.68. The summed E-state index contributed by atoms with van der Waals surface area (Å²) in [6.45, 7) is 10.5. The van der Waals surface area contributed by atoms with Crippen LogP contribution in [0, 0.1) is 5.92 Å². The van der Waals surface area contributed by atoms with Crippen LogP contribution in [0.15, 0.2) is 28.7 Å². The van der Waals surface area contributed by atoms with Crippen molar-refractivity contribution in [1.82, 2.24) is 0 Å². The van der Waals surface area contributed by atoms with E-state index in [0.717, 1.165) is 11.0 Å². The molecule has 0 radical (unpaired) electrons. The Hall–Kier alpha value is -1.28. The summed E-state index contributed by atoms with van der Waals surface area (Å²) in [7, 11) is 0. The summed E-state index contributed by atoms with van der Waals surface area (Å²) in [6, 6.07) is 8.19. The SMILES string of the molecule is CC(C)C(O)c1cc2cc(C(C)(C)C)ccc2o1. The topological polar surface area (TPSA) is 33.4 Å². The summed E-state index contributed by atoms with van der Waals surface area (Å²) in [6.07, 6.45) is -0.532. The minimum absolute atomic E-state index is 0.127. The summed E-state index contributed by atoms with van der Waals surface area (Å²) in [5.41, 5.74) is 2.25. The molecule has 0 saturated carbocycles. The first-order chi connectivity index (χ1) is 8.29. The van der Waals surface area contributed by atoms with Crippen LogP contribution in [-0.2, 0) is 5.41 Å². The van der Waals surface area contributed by atoms with Gasteiger partial charge in [0.05, 0.1) is 0 Å². The molecule has 1 aromatic carbocycles. The van der Waals surface area contributed by atoms with Crippen molar-refractivity contribution < 1.29 is 9.52 Å². The van der Waals surface area contributed by atoms with Crippen molar-refractivity contribution in [2.24, 2.45) is 5.92 Å². The Labute approximate surface area is 109 Å². The van der Waals surface area contributed by atoms with E-state index in [-0.39, 0.29) is 11.3 Å². The minimum Gasteiger partial charge on any atom is -0.458 e. The fraction of sp³-hybridized carbons (Fsp3) is 0.500. The third-order valence-corrected chi connectivity index (χ3v) is 3.32. The van der Waals surface area contributed by atoms with Crippen LogP contribution in [0.25, 0.3) is 11.0 Å². The second-order valence-corrected chi connectivity index (χ2v) is 6.34. The molecule has 18 heavy (non-hydrogen) atoms. The molecular weight excluding hydrogens is 224 g/mol. The van der Waals surface area contributed by atoms with Gasteiger partial charge in [-0.15, -0.1) is 0 Å². The normalized spacial score (nSPS) is 14.4. The lowest BCUT2D eigenvalue weighted by Gasteiger charge is -2.18. The zero-order valence-electron chi connectivity index (χ0n) is 11.8. The number of furan rings is 1. The van der Waals surface area contributed by atoms with Gasteiger partial charge in [0.25, 0.3) is 0 Å². The van der Waals surface area contributed by atoms with Crippen LogP contribution in [-0.4, -0.2) is 5.11 Å². The fourth-order valence-corrected chi connectivity index (χ4v) is 2.00. The van der Waals surface area contributed by atoms with Gasteiger partial charge in [-0.1, -0.05) is 40.7 Å². The molecule has 1 atom stereocenters. The largest absolute Gasteiger partial charge is 0.458 e. The summed E-state index contributed by atoms with van der Waals surface area (Å²) < 4.78 is 5.71. The van der Waals surface area contributed by atoms with E-state index >= 15 is 0 Å². The van der Waals surface area contributed by atoms with Gasteiger partial charge in [0.1, 0.15) is 17.4 Å². The third kappa shape index (κ3) is 2.44. The fourth-order valence-electron chi connectivity index (χ4n) is 2.00. The van der Waals surface area contributed by atoms with Crippen molar-refractivity contribution in [1.29, 1.82) is 0 Å². The predicted octanol–water partition coefficient (Wildman–Crippen LogP) is 4.42. The highest BCUT2D eigenvalue weighted by Gasteiger charge is 2.19. The van der Waals surface area contributed by atoms with Crippen molar-refractivity contribution >= 4 is 11.0 Å². The van der Waals surface area contributed by atoms with Gasteiger partial charge in [0, 0.05) is 5.39 Å². The van der Waals surface area contributed by atoms with Crippen molar-refractivity contribution in [2.75, 3.05) is 0 Å². The molecule has 0 spiro atoms. The molecule has 1 heterocycles. The van der Waals surface area contributed by atoms with Gasteiger partial charge >= 0.3 is 0 Å². The highest BCUT2D eigenvalue weighted by atomic mass is 16.4. The molecule has 98 valence electrons. The van der Waals surface area contributed by atoms with E-state index in [1.54, 1.807) is 0 Å². The lowest BCUT2D eigenvalue weighted by atomic mass is 9.86. The zero-order chi connectivity index (χ0) is 13.5. The molecule has 0 bridgehead atoms. The number of hydrogen-bond acceptors (Lipinski definition) is 2. The first-order valence-corrected chi connectivity index (χ1v) is 6.51. The zero-order valence-corrected chi connectivity index (χ0v) is 11.8. The Morgan fingerprint density at radius 1 is 1.11 bits per heavy atom. The van der Waals surface area contributed by atoms with Gasteiger partial charge < -0.3 is 9.52 Å². The molecule has 1 N–H and O–H groups in total. The standard InChI is InChI=1S/C16H22O2/c1-10(2)15(17)14-9-11-8-12(16(3,4)5)6-7-13(11)18-14/h6-10,15,17H,1-5H3. The van der Waals surface area contributed by atoms with Gasteiger partial charge in [0.15, 0.2) is 0 Å². The van der Waals surface area contributed by atoms with Gasteiger partial charge in [-0.05, 0) is 35.1 Å². The first-order valence-electron chi connectivity index (χ1n) is 6.51. The van der Waals surface area contributed by atoms with Gasteiger partial charge in [0.2, 0.25) is 0 Å². The number of fused-ring (bicyclic) bond motifs is 1. The van der Waals surface area contributed by atoms with Gasteiger partial charge in [-0.2, -0.15) is 0 Å². The van der Waals surface area contributed by atoms with Gasteiger partial charge in [-0.25, -0.2) is 0 Å². The molecule has 0 saturated heterocycles. The van der Waals surface area contributed by atoms with E-state index in [1.165, 1.54) is 5.56 Å². The molecule has 0 fully saturated rings. The maximum atomic E-state index is 10.0. The van der Waals surface area contributed by atoms with Crippen LogP contribution in [0.2, 0.25) is 0 Å². The maximum absolute atomic E-state index is 10.0. The lowest BCUT2D eigenvalue weighted by molar-refractivity contribution is 0.104. The monoisotopic (exact) mass is 246 g/mol. The number of rotatable bonds is 2. The Morgan fingerprint density at radius 2 is 1.78 bits per heavy atom. The van der Waals surface area contributed by atoms with E-state index in [2.05, 4.69) is 32.9 Å². The lowest BCUT2D eigenvalue weighted by Crippen LogP contribution is -2.10. The molecule has 1 aromatic heterocycles. The van der Waals surface area contributed by atoms with Crippen molar-refractivity contribution in [3.05, 3.63) is 35.6 Å². The number of aliphatic hydroxyl groups excluding tert-OH is 1. The molecule has 0 amide bonds. The van der Waals surface area contributed by atoms with E-state index in [4.69, 9.17) is 4.42 Å². The van der Waals surface area contributed by atoms with Crippen LogP contribution < -0.4 is 0 Å². The van der Waals surface area contributed by atoms with Crippen LogP contribution in [0.4, 0.5) is 0 Å². The molecule has 2 rings (SSSR count). The second kappa shape index (κ2) is 4.43. The minimum atomic E-state index is -0.532. The highest BCUT2D eigenvalue weighted by molar-refractivity contribution is 5.79. The van der Waals surface area contributed by atoms with E-state index in [1.807, 2.05) is 26.0 Å². The van der Waals surface area contributed by atoms with Crippen LogP contribution in [0.1, 0.15) is 52.0 Å². The number of hydrogen-bond donors (Lipinski definition) is 1. The Kier molecular flexibility index (Phi) is 3.24. The van der Waals surface area contributed by atoms with Crippen LogP contribution in [0.5, 0.6) is 0 Å². The Balaban J connectivity index is 2.46. The molecule has 0 aliphatic rings. The van der Waals surface area contributed by atoms with E-state index < -0.39 is 6.10 Å². The Bertz CT molecular complexity index is 544. The maximum Gasteiger partial charge on any atom is 0.134 e. The van der Waals surface area contributed by atoms with Crippen LogP contribution >= 0.6 is 0 Å². The molecular formula is C16H22O2. The molecule has 1 unspecified atom stereocenters. The third-order valence-electron chi connectivity index (χ3n) is 3.32. The number of benzene rings is 1. The summed E-state index contributed by atoms with van der Waals surface area (Å²) in [5, 5.41) is 11.1. The summed E-state index contributed by atoms with van der Waals surface area (Å²) in [4.78, 5) is 0. The van der Waals surface area contributed by atoms with Crippen LogP contribution in [0.3, 0.4) is 0 Å². The second-order valence-electron chi connectivity index (χ2n) is 6.34. The first kappa shape index (κ1) is 13.2. The smallest absolute Gasteiger partial charge is 0.134 e. The molecule has 2 nitrogen and oxygen atoms in total. The molecule has 0 aliphatic heterocycles. The molecule has 2 heteroatoms. The quantitative estimate of drug-likeness (QED) is 0.851. The number of aliphatic hydroxyl groups is 1. The average molecular weight is 246 g/mol.